The Balaban J connectivity index is 1.77. The Hall–Kier alpha value is -1.54. The first kappa shape index (κ1) is 14.4. The van der Waals surface area contributed by atoms with E-state index in [0.29, 0.717) is 5.41 Å². The van der Waals surface area contributed by atoms with Gasteiger partial charge in [0.15, 0.2) is 0 Å². The van der Waals surface area contributed by atoms with Crippen molar-refractivity contribution in [2.75, 3.05) is 6.54 Å². The van der Waals surface area contributed by atoms with Crippen LogP contribution >= 0.6 is 0 Å². The lowest BCUT2D eigenvalue weighted by Crippen LogP contribution is -2.34. The minimum Gasteiger partial charge on any atom is -0.467 e. The van der Waals surface area contributed by atoms with Gasteiger partial charge in [-0.05, 0) is 42.4 Å². The lowest BCUT2D eigenvalue weighted by molar-refractivity contribution is 0.256. The van der Waals surface area contributed by atoms with Crippen LogP contribution in [0.25, 0.3) is 0 Å². The van der Waals surface area contributed by atoms with Gasteiger partial charge in [-0.3, -0.25) is 0 Å². The maximum Gasteiger partial charge on any atom is 0.125 e. The van der Waals surface area contributed by atoms with Gasteiger partial charge in [0.1, 0.15) is 5.76 Å². The van der Waals surface area contributed by atoms with Gasteiger partial charge in [0.05, 0.1) is 12.3 Å². The van der Waals surface area contributed by atoms with Crippen molar-refractivity contribution in [1.82, 2.24) is 5.32 Å². The highest BCUT2D eigenvalue weighted by Gasteiger charge is 2.32. The number of benzene rings is 1. The van der Waals surface area contributed by atoms with Crippen LogP contribution in [0.3, 0.4) is 0 Å². The molecule has 2 nitrogen and oxygen atoms in total. The van der Waals surface area contributed by atoms with Crippen molar-refractivity contribution in [3.63, 3.8) is 0 Å². The highest BCUT2D eigenvalue weighted by molar-refractivity contribution is 5.26. The Morgan fingerprint density at radius 1 is 1.10 bits per heavy atom. The maximum absolute atomic E-state index is 5.67. The molecule has 3 rings (SSSR count). The van der Waals surface area contributed by atoms with Crippen molar-refractivity contribution in [2.24, 2.45) is 5.41 Å². The highest BCUT2D eigenvalue weighted by Crippen LogP contribution is 2.41. The van der Waals surface area contributed by atoms with Crippen molar-refractivity contribution in [3.05, 3.63) is 60.1 Å². The highest BCUT2D eigenvalue weighted by atomic mass is 16.3. The molecule has 1 aliphatic carbocycles. The van der Waals surface area contributed by atoms with Crippen LogP contribution < -0.4 is 5.32 Å². The SMILES string of the molecule is CCC1(CNC(c2ccccc2)c2ccco2)CCCC1. The van der Waals surface area contributed by atoms with Gasteiger partial charge in [0.2, 0.25) is 0 Å². The van der Waals surface area contributed by atoms with E-state index >= 15 is 0 Å². The number of hydrogen-bond acceptors (Lipinski definition) is 2. The number of furan rings is 1. The zero-order valence-corrected chi connectivity index (χ0v) is 12.8. The first-order valence-corrected chi connectivity index (χ1v) is 8.15. The van der Waals surface area contributed by atoms with Crippen molar-refractivity contribution in [2.45, 2.75) is 45.1 Å². The van der Waals surface area contributed by atoms with E-state index in [-0.39, 0.29) is 6.04 Å². The van der Waals surface area contributed by atoms with Gasteiger partial charge in [-0.25, -0.2) is 0 Å². The monoisotopic (exact) mass is 283 g/mol. The zero-order valence-electron chi connectivity index (χ0n) is 12.8. The maximum atomic E-state index is 5.67. The molecule has 1 aliphatic rings. The lowest BCUT2D eigenvalue weighted by Gasteiger charge is -2.30. The molecule has 0 aliphatic heterocycles. The summed E-state index contributed by atoms with van der Waals surface area (Å²) in [5, 5.41) is 3.78. The molecule has 2 aromatic rings. The molecule has 1 heterocycles. The minimum atomic E-state index is 0.158. The fraction of sp³-hybridized carbons (Fsp3) is 0.474. The van der Waals surface area contributed by atoms with Gasteiger partial charge in [-0.15, -0.1) is 0 Å². The van der Waals surface area contributed by atoms with E-state index in [1.54, 1.807) is 6.26 Å². The minimum absolute atomic E-state index is 0.158. The zero-order chi connectivity index (χ0) is 14.5. The van der Waals surface area contributed by atoms with Crippen molar-refractivity contribution in [1.29, 1.82) is 0 Å². The number of nitrogens with one attached hydrogen (secondary N) is 1. The normalized spacial score (nSPS) is 18.7. The standard InChI is InChI=1S/C19H25NO/c1-2-19(12-6-7-13-19)15-20-18(17-11-8-14-21-17)16-9-4-3-5-10-16/h3-5,8-11,14,18,20H,2,6-7,12-13,15H2,1H3. The Morgan fingerprint density at radius 2 is 1.86 bits per heavy atom. The molecule has 1 aromatic carbocycles. The lowest BCUT2D eigenvalue weighted by atomic mass is 9.83. The van der Waals surface area contributed by atoms with Crippen molar-refractivity contribution in [3.8, 4) is 0 Å². The third-order valence-electron chi connectivity index (χ3n) is 5.06. The quantitative estimate of drug-likeness (QED) is 0.813. The van der Waals surface area contributed by atoms with E-state index < -0.39 is 0 Å². The molecule has 0 bridgehead atoms. The smallest absolute Gasteiger partial charge is 0.125 e. The Bertz CT molecular complexity index is 526. The predicted octanol–water partition coefficient (Wildman–Crippen LogP) is 4.93. The van der Waals surface area contributed by atoms with Gasteiger partial charge in [-0.2, -0.15) is 0 Å². The molecule has 1 unspecified atom stereocenters. The molecule has 1 fully saturated rings. The van der Waals surface area contributed by atoms with Crippen LogP contribution in [0.1, 0.15) is 56.4 Å². The molecule has 2 heteroatoms. The van der Waals surface area contributed by atoms with E-state index in [2.05, 4.69) is 48.6 Å². The molecule has 1 aromatic heterocycles. The average Bonchev–Trinajstić information content (AvgIpc) is 3.21. The summed E-state index contributed by atoms with van der Waals surface area (Å²) >= 11 is 0. The molecule has 0 spiro atoms. The summed E-state index contributed by atoms with van der Waals surface area (Å²) in [5.41, 5.74) is 1.76. The predicted molar refractivity (Wildman–Crippen MR) is 86.2 cm³/mol. The third kappa shape index (κ3) is 3.21. The van der Waals surface area contributed by atoms with Crippen LogP contribution in [0.15, 0.2) is 53.1 Å². The topological polar surface area (TPSA) is 25.2 Å². The van der Waals surface area contributed by atoms with Gasteiger partial charge < -0.3 is 9.73 Å². The van der Waals surface area contributed by atoms with Crippen LogP contribution in [0.5, 0.6) is 0 Å². The van der Waals surface area contributed by atoms with Gasteiger partial charge in [0, 0.05) is 6.54 Å². The fourth-order valence-corrected chi connectivity index (χ4v) is 3.58. The van der Waals surface area contributed by atoms with E-state index in [9.17, 15) is 0 Å². The fourth-order valence-electron chi connectivity index (χ4n) is 3.58. The second-order valence-electron chi connectivity index (χ2n) is 6.30. The molecule has 21 heavy (non-hydrogen) atoms. The van der Waals surface area contributed by atoms with Crippen molar-refractivity contribution < 1.29 is 4.42 Å². The Labute approximate surface area is 127 Å². The van der Waals surface area contributed by atoms with Crippen LogP contribution in [-0.2, 0) is 0 Å². The van der Waals surface area contributed by atoms with Gasteiger partial charge >= 0.3 is 0 Å². The number of hydrogen-bond donors (Lipinski definition) is 1. The average molecular weight is 283 g/mol. The summed E-state index contributed by atoms with van der Waals surface area (Å²) in [4.78, 5) is 0. The van der Waals surface area contributed by atoms with E-state index in [1.165, 1.54) is 37.7 Å². The van der Waals surface area contributed by atoms with Crippen LogP contribution in [0.4, 0.5) is 0 Å². The van der Waals surface area contributed by atoms with Crippen LogP contribution in [-0.4, -0.2) is 6.54 Å². The van der Waals surface area contributed by atoms with Crippen molar-refractivity contribution >= 4 is 0 Å². The third-order valence-corrected chi connectivity index (χ3v) is 5.06. The molecular weight excluding hydrogens is 258 g/mol. The second kappa shape index (κ2) is 6.48. The van der Waals surface area contributed by atoms with E-state index in [4.69, 9.17) is 4.42 Å². The molecule has 1 N–H and O–H groups in total. The summed E-state index contributed by atoms with van der Waals surface area (Å²) < 4.78 is 5.67. The molecule has 1 saturated carbocycles. The summed E-state index contributed by atoms with van der Waals surface area (Å²) in [7, 11) is 0. The van der Waals surface area contributed by atoms with Gasteiger partial charge in [-0.1, -0.05) is 50.1 Å². The molecule has 0 saturated heterocycles. The second-order valence-corrected chi connectivity index (χ2v) is 6.30. The summed E-state index contributed by atoms with van der Waals surface area (Å²) in [6.07, 6.45) is 8.50. The van der Waals surface area contributed by atoms with Gasteiger partial charge in [0.25, 0.3) is 0 Å². The Kier molecular flexibility index (Phi) is 4.45. The first-order valence-electron chi connectivity index (χ1n) is 8.15. The molecule has 112 valence electrons. The Morgan fingerprint density at radius 3 is 2.48 bits per heavy atom. The van der Waals surface area contributed by atoms with Crippen LogP contribution in [0.2, 0.25) is 0 Å². The number of rotatable bonds is 6. The summed E-state index contributed by atoms with van der Waals surface area (Å²) in [5.74, 6) is 1.01. The molecular formula is C19H25NO. The summed E-state index contributed by atoms with van der Waals surface area (Å²) in [6.45, 7) is 3.40. The summed E-state index contributed by atoms with van der Waals surface area (Å²) in [6, 6.07) is 14.8. The first-order chi connectivity index (χ1) is 10.3. The molecule has 1 atom stereocenters. The molecule has 0 amide bonds. The van der Waals surface area contributed by atoms with Crippen LogP contribution in [0, 0.1) is 5.41 Å². The van der Waals surface area contributed by atoms with E-state index in [0.717, 1.165) is 12.3 Å². The van der Waals surface area contributed by atoms with E-state index in [1.807, 2.05) is 6.07 Å². The largest absolute Gasteiger partial charge is 0.467 e. The molecule has 0 radical (unpaired) electrons.